The van der Waals surface area contributed by atoms with Crippen molar-refractivity contribution >= 4 is 5.97 Å². The number of carbonyl (C=O) groups is 1. The summed E-state index contributed by atoms with van der Waals surface area (Å²) in [4.78, 5) is 10.6. The molecule has 0 aliphatic carbocycles. The van der Waals surface area contributed by atoms with Gasteiger partial charge in [-0.2, -0.15) is 0 Å². The number of hydrogen-bond acceptors (Lipinski definition) is 4. The van der Waals surface area contributed by atoms with Crippen molar-refractivity contribution in [2.45, 2.75) is 26.1 Å². The molecule has 0 heterocycles. The molecule has 1 atom stereocenters. The number of ether oxygens (including phenoxy) is 2. The summed E-state index contributed by atoms with van der Waals surface area (Å²) < 4.78 is 9.70. The zero-order valence-electron chi connectivity index (χ0n) is 8.03. The van der Waals surface area contributed by atoms with Crippen LogP contribution in [0.25, 0.3) is 0 Å². The van der Waals surface area contributed by atoms with E-state index >= 15 is 0 Å². The first-order chi connectivity index (χ1) is 6.06. The van der Waals surface area contributed by atoms with Gasteiger partial charge >= 0.3 is 5.97 Å². The molecule has 0 saturated carbocycles. The third-order valence-corrected chi connectivity index (χ3v) is 1.21. The first-order valence-corrected chi connectivity index (χ1v) is 4.15. The smallest absolute Gasteiger partial charge is 0.330 e. The van der Waals surface area contributed by atoms with E-state index in [0.29, 0.717) is 0 Å². The second-order valence-electron chi connectivity index (χ2n) is 2.87. The monoisotopic (exact) mass is 188 g/mol. The lowest BCUT2D eigenvalue weighted by molar-refractivity contribution is -0.142. The van der Waals surface area contributed by atoms with Crippen LogP contribution >= 0.6 is 0 Å². The maximum absolute atomic E-state index is 10.6. The molecule has 0 bridgehead atoms. The molecular formula is C9H16O4. The fraction of sp³-hybridized carbons (Fsp3) is 0.667. The SMILES string of the molecule is C=CC(=O)OCC(O)COC(C)C. The summed E-state index contributed by atoms with van der Waals surface area (Å²) in [5.74, 6) is -0.538. The summed E-state index contributed by atoms with van der Waals surface area (Å²) in [6.07, 6.45) is 0.340. The van der Waals surface area contributed by atoms with Crippen LogP contribution in [0.1, 0.15) is 13.8 Å². The zero-order valence-corrected chi connectivity index (χ0v) is 8.03. The Kier molecular flexibility index (Phi) is 6.18. The van der Waals surface area contributed by atoms with Gasteiger partial charge in [-0.15, -0.1) is 0 Å². The van der Waals surface area contributed by atoms with Gasteiger partial charge in [0.2, 0.25) is 0 Å². The molecule has 0 aromatic heterocycles. The summed E-state index contributed by atoms with van der Waals surface area (Å²) in [6.45, 7) is 7.06. The van der Waals surface area contributed by atoms with E-state index in [1.807, 2.05) is 13.8 Å². The molecule has 13 heavy (non-hydrogen) atoms. The predicted octanol–water partition coefficient (Wildman–Crippen LogP) is 0.501. The highest BCUT2D eigenvalue weighted by Crippen LogP contribution is 1.93. The molecule has 0 spiro atoms. The topological polar surface area (TPSA) is 55.8 Å². The molecule has 76 valence electrons. The van der Waals surface area contributed by atoms with Gasteiger partial charge in [-0.1, -0.05) is 6.58 Å². The lowest BCUT2D eigenvalue weighted by atomic mass is 10.4. The third kappa shape index (κ3) is 7.49. The van der Waals surface area contributed by atoms with Crippen LogP contribution in [0.2, 0.25) is 0 Å². The van der Waals surface area contributed by atoms with E-state index in [0.717, 1.165) is 6.08 Å². The van der Waals surface area contributed by atoms with Crippen molar-refractivity contribution in [3.63, 3.8) is 0 Å². The molecule has 0 saturated heterocycles. The Bertz CT molecular complexity index is 165. The van der Waals surface area contributed by atoms with Gasteiger partial charge in [-0.3, -0.25) is 0 Å². The van der Waals surface area contributed by atoms with E-state index in [1.165, 1.54) is 0 Å². The Hall–Kier alpha value is -0.870. The summed E-state index contributed by atoms with van der Waals surface area (Å²) in [6, 6.07) is 0. The Labute approximate surface area is 78.2 Å². The second kappa shape index (κ2) is 6.62. The molecular weight excluding hydrogens is 172 g/mol. The van der Waals surface area contributed by atoms with Gasteiger partial charge in [0.25, 0.3) is 0 Å². The van der Waals surface area contributed by atoms with Crippen molar-refractivity contribution in [3.05, 3.63) is 12.7 Å². The Morgan fingerprint density at radius 1 is 1.54 bits per heavy atom. The lowest BCUT2D eigenvalue weighted by Gasteiger charge is -2.12. The van der Waals surface area contributed by atoms with Crippen molar-refractivity contribution in [3.8, 4) is 0 Å². The molecule has 0 aliphatic rings. The number of hydrogen-bond donors (Lipinski definition) is 1. The summed E-state index contributed by atoms with van der Waals surface area (Å²) in [5.41, 5.74) is 0. The lowest BCUT2D eigenvalue weighted by Crippen LogP contribution is -2.24. The first kappa shape index (κ1) is 12.1. The van der Waals surface area contributed by atoms with E-state index < -0.39 is 12.1 Å². The predicted molar refractivity (Wildman–Crippen MR) is 48.3 cm³/mol. The summed E-state index contributed by atoms with van der Waals surface area (Å²) in [5, 5.41) is 9.21. The maximum Gasteiger partial charge on any atom is 0.330 e. The molecule has 1 unspecified atom stereocenters. The minimum Gasteiger partial charge on any atom is -0.460 e. The van der Waals surface area contributed by atoms with Crippen LogP contribution in [0.15, 0.2) is 12.7 Å². The Morgan fingerprint density at radius 2 is 2.15 bits per heavy atom. The minimum absolute atomic E-state index is 0.0580. The molecule has 4 heteroatoms. The molecule has 0 aromatic rings. The largest absolute Gasteiger partial charge is 0.460 e. The van der Waals surface area contributed by atoms with E-state index in [4.69, 9.17) is 4.74 Å². The number of carbonyl (C=O) groups excluding carboxylic acids is 1. The number of aliphatic hydroxyl groups excluding tert-OH is 1. The van der Waals surface area contributed by atoms with Gasteiger partial charge in [0.05, 0.1) is 12.7 Å². The number of aliphatic hydroxyl groups is 1. The van der Waals surface area contributed by atoms with Crippen molar-refractivity contribution in [2.24, 2.45) is 0 Å². The minimum atomic E-state index is -0.772. The van der Waals surface area contributed by atoms with E-state index in [2.05, 4.69) is 11.3 Å². The van der Waals surface area contributed by atoms with Gasteiger partial charge in [0, 0.05) is 6.08 Å². The highest BCUT2D eigenvalue weighted by atomic mass is 16.5. The highest BCUT2D eigenvalue weighted by Gasteiger charge is 2.07. The molecule has 4 nitrogen and oxygen atoms in total. The molecule has 0 aromatic carbocycles. The molecule has 0 radical (unpaired) electrons. The van der Waals surface area contributed by atoms with Crippen LogP contribution in [-0.2, 0) is 14.3 Å². The normalized spacial score (nSPS) is 12.6. The van der Waals surface area contributed by atoms with Gasteiger partial charge in [-0.25, -0.2) is 4.79 Å². The van der Waals surface area contributed by atoms with Crippen molar-refractivity contribution in [2.75, 3.05) is 13.2 Å². The second-order valence-corrected chi connectivity index (χ2v) is 2.87. The van der Waals surface area contributed by atoms with Crippen LogP contribution in [0.5, 0.6) is 0 Å². The quantitative estimate of drug-likeness (QED) is 0.487. The fourth-order valence-corrected chi connectivity index (χ4v) is 0.589. The van der Waals surface area contributed by atoms with Crippen LogP contribution in [0.4, 0.5) is 0 Å². The van der Waals surface area contributed by atoms with Crippen LogP contribution in [0.3, 0.4) is 0 Å². The average molecular weight is 188 g/mol. The molecule has 0 aliphatic heterocycles. The summed E-state index contributed by atoms with van der Waals surface area (Å²) in [7, 11) is 0. The molecule has 0 fully saturated rings. The van der Waals surface area contributed by atoms with E-state index in [-0.39, 0.29) is 19.3 Å². The van der Waals surface area contributed by atoms with Gasteiger partial charge in [0.1, 0.15) is 12.7 Å². The van der Waals surface area contributed by atoms with Gasteiger partial charge in [0.15, 0.2) is 0 Å². The number of esters is 1. The van der Waals surface area contributed by atoms with Gasteiger partial charge in [-0.05, 0) is 13.8 Å². The molecule has 1 N–H and O–H groups in total. The van der Waals surface area contributed by atoms with Crippen molar-refractivity contribution < 1.29 is 19.4 Å². The Morgan fingerprint density at radius 3 is 2.62 bits per heavy atom. The van der Waals surface area contributed by atoms with Crippen LogP contribution < -0.4 is 0 Å². The average Bonchev–Trinajstić information content (AvgIpc) is 2.10. The fourth-order valence-electron chi connectivity index (χ4n) is 0.589. The highest BCUT2D eigenvalue weighted by molar-refractivity contribution is 5.81. The number of rotatable bonds is 6. The van der Waals surface area contributed by atoms with Crippen LogP contribution in [-0.4, -0.2) is 36.5 Å². The van der Waals surface area contributed by atoms with Crippen molar-refractivity contribution in [1.82, 2.24) is 0 Å². The molecule has 0 rings (SSSR count). The van der Waals surface area contributed by atoms with Crippen LogP contribution in [0, 0.1) is 0 Å². The standard InChI is InChI=1S/C9H16O4/c1-4-9(11)13-6-8(10)5-12-7(2)3/h4,7-8,10H,1,5-6H2,2-3H3. The maximum atomic E-state index is 10.6. The Balaban J connectivity index is 3.45. The van der Waals surface area contributed by atoms with Crippen molar-refractivity contribution in [1.29, 1.82) is 0 Å². The zero-order chi connectivity index (χ0) is 10.3. The van der Waals surface area contributed by atoms with E-state index in [9.17, 15) is 9.90 Å². The summed E-state index contributed by atoms with van der Waals surface area (Å²) >= 11 is 0. The molecule has 0 amide bonds. The first-order valence-electron chi connectivity index (χ1n) is 4.15. The van der Waals surface area contributed by atoms with E-state index in [1.54, 1.807) is 0 Å². The third-order valence-electron chi connectivity index (χ3n) is 1.21. The van der Waals surface area contributed by atoms with Gasteiger partial charge < -0.3 is 14.6 Å².